The summed E-state index contributed by atoms with van der Waals surface area (Å²) in [5.74, 6) is -0.340. The number of hydrogen-bond acceptors (Lipinski definition) is 3. The maximum atomic E-state index is 14.2. The predicted molar refractivity (Wildman–Crippen MR) is 105 cm³/mol. The summed E-state index contributed by atoms with van der Waals surface area (Å²) >= 11 is 0. The van der Waals surface area contributed by atoms with E-state index in [0.717, 1.165) is 29.9 Å². The maximum absolute atomic E-state index is 14.2. The van der Waals surface area contributed by atoms with Crippen molar-refractivity contribution in [1.82, 2.24) is 5.09 Å². The van der Waals surface area contributed by atoms with E-state index >= 15 is 0 Å². The van der Waals surface area contributed by atoms with Gasteiger partial charge >= 0.3 is 5.97 Å². The number of ether oxygens (including phenoxy) is 1. The lowest BCUT2D eigenvalue weighted by Crippen LogP contribution is -2.42. The van der Waals surface area contributed by atoms with E-state index in [1.54, 1.807) is 6.08 Å². The van der Waals surface area contributed by atoms with E-state index in [4.69, 9.17) is 4.74 Å². The molecule has 0 radical (unpaired) electrons. The third-order valence-electron chi connectivity index (χ3n) is 4.53. The topological polar surface area (TPSA) is 55.4 Å². The number of benzene rings is 2. The van der Waals surface area contributed by atoms with Gasteiger partial charge in [0, 0.05) is 16.7 Å². The Morgan fingerprint density at radius 2 is 1.62 bits per heavy atom. The number of rotatable bonds is 8. The fourth-order valence-electron chi connectivity index (χ4n) is 3.14. The van der Waals surface area contributed by atoms with Crippen LogP contribution in [0.4, 0.5) is 0 Å². The first-order chi connectivity index (χ1) is 12.6. The van der Waals surface area contributed by atoms with E-state index in [1.165, 1.54) is 6.08 Å². The van der Waals surface area contributed by atoms with Crippen molar-refractivity contribution in [2.45, 2.75) is 38.3 Å². The molecular weight excluding hydrogens is 345 g/mol. The number of nitrogens with one attached hydrogen (secondary N) is 1. The van der Waals surface area contributed by atoms with E-state index in [9.17, 15) is 9.36 Å². The molecule has 2 aromatic carbocycles. The van der Waals surface area contributed by atoms with Crippen LogP contribution < -0.4 is 15.7 Å². The van der Waals surface area contributed by atoms with Crippen molar-refractivity contribution in [1.29, 1.82) is 0 Å². The summed E-state index contributed by atoms with van der Waals surface area (Å²) < 4.78 is 19.6. The molecule has 1 aliphatic heterocycles. The molecule has 136 valence electrons. The molecule has 0 bridgehead atoms. The molecule has 0 fully saturated rings. The lowest BCUT2D eigenvalue weighted by atomic mass is 10.1. The van der Waals surface area contributed by atoms with Crippen molar-refractivity contribution >= 4 is 23.9 Å². The molecule has 2 aromatic rings. The Hall–Kier alpha value is -2.16. The minimum absolute atomic E-state index is 0.205. The van der Waals surface area contributed by atoms with E-state index in [-0.39, 0.29) is 12.0 Å². The van der Waals surface area contributed by atoms with Crippen molar-refractivity contribution in [2.75, 3.05) is 0 Å². The van der Waals surface area contributed by atoms with Gasteiger partial charge in [-0.1, -0.05) is 56.2 Å². The quantitative estimate of drug-likeness (QED) is 0.571. The minimum Gasteiger partial charge on any atom is -0.453 e. The van der Waals surface area contributed by atoms with E-state index in [2.05, 4.69) is 12.0 Å². The average Bonchev–Trinajstić information content (AvgIpc) is 3.12. The molecule has 5 heteroatoms. The Morgan fingerprint density at radius 1 is 1.04 bits per heavy atom. The molecule has 0 aromatic heterocycles. The largest absolute Gasteiger partial charge is 0.453 e. The van der Waals surface area contributed by atoms with Gasteiger partial charge in [0.25, 0.3) is 0 Å². The third-order valence-corrected chi connectivity index (χ3v) is 7.27. The molecule has 2 atom stereocenters. The smallest absolute Gasteiger partial charge is 0.331 e. The van der Waals surface area contributed by atoms with Crippen molar-refractivity contribution in [3.63, 3.8) is 0 Å². The second-order valence-corrected chi connectivity index (χ2v) is 8.93. The molecule has 4 nitrogen and oxygen atoms in total. The molecule has 0 amide bonds. The van der Waals surface area contributed by atoms with Crippen molar-refractivity contribution in [3.8, 4) is 0 Å². The van der Waals surface area contributed by atoms with Gasteiger partial charge < -0.3 is 4.74 Å². The minimum atomic E-state index is -3.07. The first kappa shape index (κ1) is 18.6. The first-order valence-corrected chi connectivity index (χ1v) is 10.7. The standard InChI is InChI=1S/C21H24NO3P/c1-2-3-14-19(20-15-16-21(23)25-20)22-26(24,17-10-6-4-7-11-17)18-12-8-5-9-13-18/h4-13,15-16,19-20H,2-3,14H2,1H3,(H,22,24)/t19-,20+/m0/s1. The van der Waals surface area contributed by atoms with Gasteiger partial charge in [-0.2, -0.15) is 0 Å². The summed E-state index contributed by atoms with van der Waals surface area (Å²) in [6, 6.07) is 18.7. The Morgan fingerprint density at radius 3 is 2.08 bits per heavy atom. The number of unbranched alkanes of at least 4 members (excludes halogenated alkanes) is 1. The van der Waals surface area contributed by atoms with Gasteiger partial charge in [-0.3, -0.25) is 9.65 Å². The van der Waals surface area contributed by atoms with Crippen LogP contribution in [0.5, 0.6) is 0 Å². The summed E-state index contributed by atoms with van der Waals surface area (Å²) in [6.45, 7) is 2.11. The highest BCUT2D eigenvalue weighted by atomic mass is 31.2. The molecule has 0 unspecified atom stereocenters. The summed E-state index contributed by atoms with van der Waals surface area (Å²) in [5, 5.41) is 4.89. The zero-order valence-corrected chi connectivity index (χ0v) is 15.8. The summed E-state index contributed by atoms with van der Waals surface area (Å²) in [7, 11) is -3.07. The lowest BCUT2D eigenvalue weighted by molar-refractivity contribution is -0.139. The van der Waals surface area contributed by atoms with Gasteiger partial charge in [-0.05, 0) is 36.8 Å². The number of carbonyl (C=O) groups excluding carboxylic acids is 1. The van der Waals surface area contributed by atoms with Crippen LogP contribution in [0.15, 0.2) is 72.8 Å². The fraction of sp³-hybridized carbons (Fsp3) is 0.286. The third kappa shape index (κ3) is 4.14. The second-order valence-electron chi connectivity index (χ2n) is 6.42. The molecule has 1 aliphatic rings. The zero-order valence-electron chi connectivity index (χ0n) is 14.9. The van der Waals surface area contributed by atoms with E-state index in [0.29, 0.717) is 0 Å². The normalized spacial score (nSPS) is 17.9. The Kier molecular flexibility index (Phi) is 6.08. The van der Waals surface area contributed by atoms with Crippen LogP contribution in [0.25, 0.3) is 0 Å². The number of hydrogen-bond donors (Lipinski definition) is 1. The Labute approximate surface area is 154 Å². The van der Waals surface area contributed by atoms with Crippen molar-refractivity contribution in [2.24, 2.45) is 0 Å². The van der Waals surface area contributed by atoms with Gasteiger partial charge in [0.05, 0.1) is 6.04 Å². The molecule has 26 heavy (non-hydrogen) atoms. The number of carbonyl (C=O) groups is 1. The van der Waals surface area contributed by atoms with Gasteiger partial charge in [0.1, 0.15) is 6.10 Å². The van der Waals surface area contributed by atoms with E-state index in [1.807, 2.05) is 60.7 Å². The molecule has 0 spiro atoms. The first-order valence-electron chi connectivity index (χ1n) is 9.01. The van der Waals surface area contributed by atoms with Crippen LogP contribution >= 0.6 is 7.29 Å². The van der Waals surface area contributed by atoms with Gasteiger partial charge in [0.2, 0.25) is 7.29 Å². The molecule has 1 heterocycles. The van der Waals surface area contributed by atoms with Gasteiger partial charge in [0.15, 0.2) is 0 Å². The molecule has 0 saturated heterocycles. The van der Waals surface area contributed by atoms with Crippen LogP contribution in [-0.2, 0) is 14.1 Å². The Bertz CT molecular complexity index is 761. The van der Waals surface area contributed by atoms with Crippen molar-refractivity contribution < 1.29 is 14.1 Å². The molecule has 0 aliphatic carbocycles. The summed E-state index contributed by atoms with van der Waals surface area (Å²) in [6.07, 6.45) is 5.57. The predicted octanol–water partition coefficient (Wildman–Crippen LogP) is 3.55. The molecule has 0 saturated carbocycles. The Balaban J connectivity index is 1.97. The fourth-order valence-corrected chi connectivity index (χ4v) is 5.66. The number of esters is 1. The van der Waals surface area contributed by atoms with Crippen LogP contribution in [0, 0.1) is 0 Å². The highest BCUT2D eigenvalue weighted by molar-refractivity contribution is 7.76. The number of cyclic esters (lactones) is 1. The van der Waals surface area contributed by atoms with Gasteiger partial charge in [-0.25, -0.2) is 4.79 Å². The highest BCUT2D eigenvalue weighted by Crippen LogP contribution is 2.40. The molecular formula is C21H24NO3P. The monoisotopic (exact) mass is 369 g/mol. The highest BCUT2D eigenvalue weighted by Gasteiger charge is 2.35. The summed E-state index contributed by atoms with van der Waals surface area (Å²) in [4.78, 5) is 11.5. The maximum Gasteiger partial charge on any atom is 0.331 e. The van der Waals surface area contributed by atoms with Crippen LogP contribution in [0.3, 0.4) is 0 Å². The van der Waals surface area contributed by atoms with Crippen LogP contribution in [0.2, 0.25) is 0 Å². The summed E-state index contributed by atoms with van der Waals surface area (Å²) in [5.41, 5.74) is 0. The van der Waals surface area contributed by atoms with Crippen LogP contribution in [-0.4, -0.2) is 18.1 Å². The molecule has 1 N–H and O–H groups in total. The average molecular weight is 369 g/mol. The van der Waals surface area contributed by atoms with Gasteiger partial charge in [-0.15, -0.1) is 0 Å². The second kappa shape index (κ2) is 8.48. The molecule has 3 rings (SSSR count). The lowest BCUT2D eigenvalue weighted by Gasteiger charge is -2.29. The van der Waals surface area contributed by atoms with Crippen LogP contribution in [0.1, 0.15) is 26.2 Å². The van der Waals surface area contributed by atoms with Crippen molar-refractivity contribution in [3.05, 3.63) is 72.8 Å². The SMILES string of the molecule is CCCC[C@H](NP(=O)(c1ccccc1)c1ccccc1)[C@H]1C=CC(=O)O1. The zero-order chi connectivity index (χ0) is 18.4. The van der Waals surface area contributed by atoms with E-state index < -0.39 is 13.4 Å².